The number of carbonyl (C=O) groups excluding carboxylic acids is 1. The number of esters is 1. The molecule has 2 heteroatoms. The second-order valence-corrected chi connectivity index (χ2v) is 8.12. The summed E-state index contributed by atoms with van der Waals surface area (Å²) < 4.78 is 6.45. The predicted molar refractivity (Wildman–Crippen MR) is 124 cm³/mol. The second-order valence-electron chi connectivity index (χ2n) is 8.12. The van der Waals surface area contributed by atoms with Crippen molar-refractivity contribution in [3.63, 3.8) is 0 Å². The van der Waals surface area contributed by atoms with Crippen LogP contribution in [-0.4, -0.2) is 5.97 Å². The van der Waals surface area contributed by atoms with Crippen molar-refractivity contribution in [3.05, 3.63) is 131 Å². The quantitative estimate of drug-likeness (QED) is 0.306. The molecule has 0 aliphatic carbocycles. The van der Waals surface area contributed by atoms with E-state index in [2.05, 4.69) is 48.5 Å². The molecule has 0 bridgehead atoms. The Balaban J connectivity index is 1.82. The Labute approximate surface area is 180 Å². The van der Waals surface area contributed by atoms with Crippen molar-refractivity contribution in [2.75, 3.05) is 0 Å². The van der Waals surface area contributed by atoms with E-state index in [0.29, 0.717) is 5.56 Å². The van der Waals surface area contributed by atoms with Gasteiger partial charge in [0.05, 0.1) is 5.56 Å². The van der Waals surface area contributed by atoms with Crippen LogP contribution in [0.3, 0.4) is 0 Å². The maximum absolute atomic E-state index is 13.3. The van der Waals surface area contributed by atoms with Crippen molar-refractivity contribution in [1.29, 1.82) is 0 Å². The van der Waals surface area contributed by atoms with E-state index in [4.69, 9.17) is 4.74 Å². The summed E-state index contributed by atoms with van der Waals surface area (Å²) in [4.78, 5) is 13.3. The fourth-order valence-electron chi connectivity index (χ4n) is 5.09. The van der Waals surface area contributed by atoms with Gasteiger partial charge in [-0.1, -0.05) is 103 Å². The van der Waals surface area contributed by atoms with Gasteiger partial charge in [-0.25, -0.2) is 4.79 Å². The van der Waals surface area contributed by atoms with Crippen LogP contribution in [0.2, 0.25) is 0 Å². The fourth-order valence-corrected chi connectivity index (χ4v) is 5.09. The van der Waals surface area contributed by atoms with Crippen LogP contribution in [0.4, 0.5) is 0 Å². The van der Waals surface area contributed by atoms with Crippen LogP contribution in [0.1, 0.15) is 32.6 Å². The molecule has 5 aromatic rings. The van der Waals surface area contributed by atoms with E-state index >= 15 is 0 Å². The van der Waals surface area contributed by atoms with Gasteiger partial charge in [0.15, 0.2) is 5.60 Å². The topological polar surface area (TPSA) is 26.3 Å². The predicted octanol–water partition coefficient (Wildman–Crippen LogP) is 6.76. The number of carbonyl (C=O) groups is 1. The standard InChI is InChI=1S/C29H20O2/c1-19-9-6-18-26-27(19)28(30)31-29(26,24-16-7-12-20-10-2-4-14-22(20)24)25-17-8-13-21-11-3-5-15-23(21)25/h2-18H,1H3. The third kappa shape index (κ3) is 2.42. The molecule has 0 aromatic heterocycles. The largest absolute Gasteiger partial charge is 0.441 e. The molecule has 6 rings (SSSR count). The maximum atomic E-state index is 13.3. The average molecular weight is 400 g/mol. The highest BCUT2D eigenvalue weighted by atomic mass is 16.6. The number of rotatable bonds is 2. The lowest BCUT2D eigenvalue weighted by atomic mass is 9.76. The Bertz CT molecular complexity index is 1410. The molecule has 1 aliphatic rings. The van der Waals surface area contributed by atoms with E-state index in [-0.39, 0.29) is 5.97 Å². The van der Waals surface area contributed by atoms with Crippen molar-refractivity contribution in [1.82, 2.24) is 0 Å². The molecule has 0 radical (unpaired) electrons. The van der Waals surface area contributed by atoms with Crippen molar-refractivity contribution in [3.8, 4) is 0 Å². The van der Waals surface area contributed by atoms with Crippen molar-refractivity contribution in [2.45, 2.75) is 12.5 Å². The van der Waals surface area contributed by atoms with E-state index in [1.165, 1.54) is 0 Å². The van der Waals surface area contributed by atoms with Gasteiger partial charge in [-0.05, 0) is 34.0 Å². The molecule has 0 saturated heterocycles. The Morgan fingerprint density at radius 3 is 1.68 bits per heavy atom. The molecule has 0 fully saturated rings. The highest BCUT2D eigenvalue weighted by Crippen LogP contribution is 2.51. The van der Waals surface area contributed by atoms with E-state index in [9.17, 15) is 4.79 Å². The lowest BCUT2D eigenvalue weighted by Crippen LogP contribution is -2.30. The highest BCUT2D eigenvalue weighted by Gasteiger charge is 2.50. The summed E-state index contributed by atoms with van der Waals surface area (Å²) in [6.07, 6.45) is 0. The first kappa shape index (κ1) is 17.9. The molecule has 0 saturated carbocycles. The summed E-state index contributed by atoms with van der Waals surface area (Å²) in [5.74, 6) is -0.269. The monoisotopic (exact) mass is 400 g/mol. The zero-order valence-electron chi connectivity index (χ0n) is 17.1. The molecule has 148 valence electrons. The molecule has 0 N–H and O–H groups in total. The Hall–Kier alpha value is -3.91. The maximum Gasteiger partial charge on any atom is 0.340 e. The summed E-state index contributed by atoms with van der Waals surface area (Å²) >= 11 is 0. The second kappa shape index (κ2) is 6.55. The summed E-state index contributed by atoms with van der Waals surface area (Å²) in [7, 11) is 0. The van der Waals surface area contributed by atoms with Crippen LogP contribution in [0.15, 0.2) is 103 Å². The molecule has 31 heavy (non-hydrogen) atoms. The zero-order chi connectivity index (χ0) is 21.0. The van der Waals surface area contributed by atoms with Crippen LogP contribution in [-0.2, 0) is 10.3 Å². The first-order valence-corrected chi connectivity index (χ1v) is 10.5. The molecule has 1 heterocycles. The minimum Gasteiger partial charge on any atom is -0.441 e. The van der Waals surface area contributed by atoms with E-state index in [0.717, 1.165) is 43.8 Å². The van der Waals surface area contributed by atoms with Gasteiger partial charge in [0.1, 0.15) is 0 Å². The SMILES string of the molecule is Cc1cccc2c1C(=O)OC2(c1cccc2ccccc12)c1cccc2ccccc12. The van der Waals surface area contributed by atoms with Gasteiger partial charge in [0.25, 0.3) is 0 Å². The Morgan fingerprint density at radius 1 is 0.581 bits per heavy atom. The molecule has 0 spiro atoms. The molecule has 2 nitrogen and oxygen atoms in total. The minimum absolute atomic E-state index is 0.269. The van der Waals surface area contributed by atoms with Gasteiger partial charge < -0.3 is 4.74 Å². The first-order chi connectivity index (χ1) is 15.2. The van der Waals surface area contributed by atoms with Gasteiger partial charge in [-0.15, -0.1) is 0 Å². The normalized spacial score (nSPS) is 14.5. The smallest absolute Gasteiger partial charge is 0.340 e. The first-order valence-electron chi connectivity index (χ1n) is 10.5. The Morgan fingerprint density at radius 2 is 1.06 bits per heavy atom. The third-order valence-electron chi connectivity index (χ3n) is 6.44. The molecule has 0 amide bonds. The molecular formula is C29H20O2. The number of hydrogen-bond acceptors (Lipinski definition) is 2. The number of cyclic esters (lactones) is 1. The van der Waals surface area contributed by atoms with Gasteiger partial charge in [-0.3, -0.25) is 0 Å². The Kier molecular flexibility index (Phi) is 3.78. The summed E-state index contributed by atoms with van der Waals surface area (Å²) in [6.45, 7) is 1.97. The van der Waals surface area contributed by atoms with Crippen LogP contribution in [0.5, 0.6) is 0 Å². The number of aryl methyl sites for hydroxylation is 1. The zero-order valence-corrected chi connectivity index (χ0v) is 17.1. The molecule has 0 atom stereocenters. The summed E-state index contributed by atoms with van der Waals surface area (Å²) in [6, 6.07) is 35.1. The molecule has 5 aromatic carbocycles. The van der Waals surface area contributed by atoms with Gasteiger partial charge in [0.2, 0.25) is 0 Å². The number of fused-ring (bicyclic) bond motifs is 3. The molecule has 1 aliphatic heterocycles. The number of benzene rings is 5. The number of hydrogen-bond donors (Lipinski definition) is 0. The van der Waals surface area contributed by atoms with Crippen LogP contribution < -0.4 is 0 Å². The van der Waals surface area contributed by atoms with Crippen LogP contribution >= 0.6 is 0 Å². The van der Waals surface area contributed by atoms with E-state index < -0.39 is 5.60 Å². The van der Waals surface area contributed by atoms with Gasteiger partial charge in [-0.2, -0.15) is 0 Å². The van der Waals surface area contributed by atoms with E-state index in [1.54, 1.807) is 0 Å². The lowest BCUT2D eigenvalue weighted by molar-refractivity contribution is 0.0259. The van der Waals surface area contributed by atoms with Crippen molar-refractivity contribution >= 4 is 27.5 Å². The summed E-state index contributed by atoms with van der Waals surface area (Å²) in [5.41, 5.74) is 3.47. The lowest BCUT2D eigenvalue weighted by Gasteiger charge is -2.32. The van der Waals surface area contributed by atoms with Crippen molar-refractivity contribution < 1.29 is 9.53 Å². The third-order valence-corrected chi connectivity index (χ3v) is 6.44. The molecule has 0 unspecified atom stereocenters. The van der Waals surface area contributed by atoms with Crippen molar-refractivity contribution in [2.24, 2.45) is 0 Å². The van der Waals surface area contributed by atoms with E-state index in [1.807, 2.05) is 61.5 Å². The van der Waals surface area contributed by atoms with Gasteiger partial charge in [0, 0.05) is 16.7 Å². The van der Waals surface area contributed by atoms with Crippen LogP contribution in [0.25, 0.3) is 21.5 Å². The fraction of sp³-hybridized carbons (Fsp3) is 0.0690. The number of ether oxygens (including phenoxy) is 1. The van der Waals surface area contributed by atoms with Crippen LogP contribution in [0, 0.1) is 6.92 Å². The summed E-state index contributed by atoms with van der Waals surface area (Å²) in [5, 5.41) is 4.41. The average Bonchev–Trinajstić information content (AvgIpc) is 3.12. The van der Waals surface area contributed by atoms with Gasteiger partial charge >= 0.3 is 5.97 Å². The minimum atomic E-state index is -1.01. The molecular weight excluding hydrogens is 380 g/mol. The highest BCUT2D eigenvalue weighted by molar-refractivity contribution is 6.01.